The average Bonchev–Trinajstić information content (AvgIpc) is 3.36. The molecule has 0 unspecified atom stereocenters. The summed E-state index contributed by atoms with van der Waals surface area (Å²) in [7, 11) is 1.85. The lowest BCUT2D eigenvalue weighted by molar-refractivity contribution is -0.127. The Morgan fingerprint density at radius 1 is 1.22 bits per heavy atom. The molecule has 27 heavy (non-hydrogen) atoms. The van der Waals surface area contributed by atoms with Gasteiger partial charge in [0, 0.05) is 20.0 Å². The summed E-state index contributed by atoms with van der Waals surface area (Å²) >= 11 is 1.41. The van der Waals surface area contributed by atoms with Crippen molar-refractivity contribution in [3.05, 3.63) is 41.2 Å². The van der Waals surface area contributed by atoms with Crippen LogP contribution in [0.25, 0.3) is 0 Å². The second kappa shape index (κ2) is 9.93. The number of rotatable bonds is 9. The van der Waals surface area contributed by atoms with E-state index >= 15 is 0 Å². The molecule has 0 aliphatic heterocycles. The third-order valence-electron chi connectivity index (χ3n) is 5.38. The second-order valence-corrected chi connectivity index (χ2v) is 8.40. The van der Waals surface area contributed by atoms with Gasteiger partial charge in [-0.3, -0.25) is 9.89 Å². The van der Waals surface area contributed by atoms with Crippen molar-refractivity contribution < 1.29 is 4.79 Å². The monoisotopic (exact) mass is 386 g/mol. The fraction of sp³-hybridized carbons (Fsp3) is 0.571. The fourth-order valence-corrected chi connectivity index (χ4v) is 4.33. The fourth-order valence-electron chi connectivity index (χ4n) is 3.57. The lowest BCUT2D eigenvalue weighted by atomic mass is 10.0. The molecule has 5 nitrogen and oxygen atoms in total. The van der Waals surface area contributed by atoms with Gasteiger partial charge >= 0.3 is 0 Å². The Bertz CT molecular complexity index is 722. The lowest BCUT2D eigenvalue weighted by Gasteiger charge is -2.17. The number of amides is 1. The van der Waals surface area contributed by atoms with Gasteiger partial charge in [0.05, 0.1) is 5.75 Å². The van der Waals surface area contributed by atoms with Gasteiger partial charge in [0.2, 0.25) is 11.1 Å². The largest absolute Gasteiger partial charge is 0.341 e. The number of nitrogens with one attached hydrogen (secondary N) is 1. The number of aromatic nitrogens is 3. The molecular weight excluding hydrogens is 356 g/mol. The summed E-state index contributed by atoms with van der Waals surface area (Å²) in [4.78, 5) is 18.7. The molecule has 2 aromatic rings. The van der Waals surface area contributed by atoms with Gasteiger partial charge < -0.3 is 4.90 Å². The van der Waals surface area contributed by atoms with E-state index in [0.717, 1.165) is 30.1 Å². The van der Waals surface area contributed by atoms with E-state index in [1.54, 1.807) is 4.90 Å². The summed E-state index contributed by atoms with van der Waals surface area (Å²) in [6.07, 6.45) is 8.65. The molecule has 3 rings (SSSR count). The maximum atomic E-state index is 12.4. The predicted octanol–water partition coefficient (Wildman–Crippen LogP) is 4.24. The van der Waals surface area contributed by atoms with E-state index < -0.39 is 0 Å². The number of carbonyl (C=O) groups is 1. The zero-order valence-electron chi connectivity index (χ0n) is 16.4. The van der Waals surface area contributed by atoms with Crippen molar-refractivity contribution in [2.45, 2.75) is 63.6 Å². The molecule has 1 fully saturated rings. The highest BCUT2D eigenvalue weighted by atomic mass is 32.2. The summed E-state index contributed by atoms with van der Waals surface area (Å²) in [6, 6.07) is 8.45. The lowest BCUT2D eigenvalue weighted by Crippen LogP contribution is -2.27. The summed E-state index contributed by atoms with van der Waals surface area (Å²) in [6.45, 7) is 2.77. The Kier molecular flexibility index (Phi) is 7.33. The van der Waals surface area contributed by atoms with Gasteiger partial charge in [0.15, 0.2) is 0 Å². The zero-order valence-corrected chi connectivity index (χ0v) is 17.2. The van der Waals surface area contributed by atoms with Crippen LogP contribution in [0, 0.1) is 5.92 Å². The van der Waals surface area contributed by atoms with Gasteiger partial charge in [0.1, 0.15) is 5.82 Å². The SMILES string of the molecule is CCc1ccc(CN(C)C(=O)CSc2n[nH]c(CCC3CCCC3)n2)cc1. The van der Waals surface area contributed by atoms with E-state index in [0.29, 0.717) is 17.5 Å². The van der Waals surface area contributed by atoms with Crippen molar-refractivity contribution >= 4 is 17.7 Å². The van der Waals surface area contributed by atoms with Crippen molar-refractivity contribution in [1.29, 1.82) is 0 Å². The van der Waals surface area contributed by atoms with Crippen molar-refractivity contribution in [1.82, 2.24) is 20.1 Å². The first-order valence-electron chi connectivity index (χ1n) is 10.00. The van der Waals surface area contributed by atoms with Crippen LogP contribution in [0.2, 0.25) is 0 Å². The Morgan fingerprint density at radius 2 is 1.93 bits per heavy atom. The molecule has 1 aliphatic rings. The maximum absolute atomic E-state index is 12.4. The molecule has 1 amide bonds. The molecule has 0 atom stereocenters. The highest BCUT2D eigenvalue weighted by Gasteiger charge is 2.16. The Balaban J connectivity index is 1.41. The molecule has 6 heteroatoms. The van der Waals surface area contributed by atoms with Gasteiger partial charge in [0.25, 0.3) is 0 Å². The van der Waals surface area contributed by atoms with Crippen molar-refractivity contribution in [3.8, 4) is 0 Å². The number of thioether (sulfide) groups is 1. The minimum absolute atomic E-state index is 0.0943. The van der Waals surface area contributed by atoms with Crippen LogP contribution >= 0.6 is 11.8 Å². The van der Waals surface area contributed by atoms with E-state index in [-0.39, 0.29) is 5.91 Å². The van der Waals surface area contributed by atoms with Crippen LogP contribution in [0.5, 0.6) is 0 Å². The number of aromatic amines is 1. The number of carbonyl (C=O) groups excluding carboxylic acids is 1. The number of aryl methyl sites for hydroxylation is 2. The zero-order chi connectivity index (χ0) is 19.1. The van der Waals surface area contributed by atoms with Crippen LogP contribution in [0.15, 0.2) is 29.4 Å². The maximum Gasteiger partial charge on any atom is 0.233 e. The van der Waals surface area contributed by atoms with Crippen LogP contribution in [-0.4, -0.2) is 38.8 Å². The quantitative estimate of drug-likeness (QED) is 0.655. The van der Waals surface area contributed by atoms with E-state index in [1.165, 1.54) is 49.4 Å². The molecule has 1 N–H and O–H groups in total. The first-order valence-corrected chi connectivity index (χ1v) is 11.0. The molecule has 1 aromatic heterocycles. The molecule has 0 bridgehead atoms. The number of hydrogen-bond donors (Lipinski definition) is 1. The Morgan fingerprint density at radius 3 is 2.63 bits per heavy atom. The Labute approximate surface area is 166 Å². The van der Waals surface area contributed by atoms with Crippen molar-refractivity contribution in [3.63, 3.8) is 0 Å². The van der Waals surface area contributed by atoms with Crippen LogP contribution in [0.1, 0.15) is 56.0 Å². The average molecular weight is 387 g/mol. The molecule has 1 aliphatic carbocycles. The molecule has 146 valence electrons. The van der Waals surface area contributed by atoms with Gasteiger partial charge in [-0.1, -0.05) is 68.6 Å². The number of hydrogen-bond acceptors (Lipinski definition) is 4. The molecule has 0 radical (unpaired) electrons. The molecule has 0 spiro atoms. The number of nitrogens with zero attached hydrogens (tertiary/aromatic N) is 3. The summed E-state index contributed by atoms with van der Waals surface area (Å²) in [5, 5.41) is 7.95. The van der Waals surface area contributed by atoms with Gasteiger partial charge in [-0.25, -0.2) is 4.98 Å². The highest BCUT2D eigenvalue weighted by molar-refractivity contribution is 7.99. The number of H-pyrrole nitrogens is 1. The van der Waals surface area contributed by atoms with Crippen LogP contribution in [0.3, 0.4) is 0 Å². The molecule has 1 aromatic carbocycles. The Hall–Kier alpha value is -1.82. The summed E-state index contributed by atoms with van der Waals surface area (Å²) < 4.78 is 0. The minimum atomic E-state index is 0.0943. The summed E-state index contributed by atoms with van der Waals surface area (Å²) in [5.41, 5.74) is 2.47. The predicted molar refractivity (Wildman–Crippen MR) is 110 cm³/mol. The van der Waals surface area contributed by atoms with Gasteiger partial charge in [-0.05, 0) is 29.9 Å². The highest BCUT2D eigenvalue weighted by Crippen LogP contribution is 2.28. The molecule has 1 saturated carbocycles. The van der Waals surface area contributed by atoms with Gasteiger partial charge in [-0.2, -0.15) is 0 Å². The third kappa shape index (κ3) is 6.09. The van der Waals surface area contributed by atoms with Crippen LogP contribution in [0.4, 0.5) is 0 Å². The summed E-state index contributed by atoms with van der Waals surface area (Å²) in [5.74, 6) is 2.26. The normalized spacial score (nSPS) is 14.6. The van der Waals surface area contributed by atoms with E-state index in [9.17, 15) is 4.79 Å². The second-order valence-electron chi connectivity index (χ2n) is 7.46. The number of benzene rings is 1. The first-order chi connectivity index (χ1) is 13.1. The standard InChI is InChI=1S/C21H30N4OS/c1-3-16-8-10-18(11-9-16)14-25(2)20(26)15-27-21-22-19(23-24-21)13-12-17-6-4-5-7-17/h8-11,17H,3-7,12-15H2,1-2H3,(H,22,23,24). The van der Waals surface area contributed by atoms with E-state index in [4.69, 9.17) is 0 Å². The molecular formula is C21H30N4OS. The molecule has 0 saturated heterocycles. The topological polar surface area (TPSA) is 61.9 Å². The van der Waals surface area contributed by atoms with Crippen molar-refractivity contribution in [2.75, 3.05) is 12.8 Å². The van der Waals surface area contributed by atoms with E-state index in [2.05, 4.69) is 46.4 Å². The smallest absolute Gasteiger partial charge is 0.233 e. The van der Waals surface area contributed by atoms with Crippen LogP contribution in [-0.2, 0) is 24.2 Å². The van der Waals surface area contributed by atoms with Gasteiger partial charge in [-0.15, -0.1) is 5.10 Å². The minimum Gasteiger partial charge on any atom is -0.341 e. The molecule has 1 heterocycles. The van der Waals surface area contributed by atoms with Crippen molar-refractivity contribution in [2.24, 2.45) is 5.92 Å². The van der Waals surface area contributed by atoms with Crippen LogP contribution < -0.4 is 0 Å². The van der Waals surface area contributed by atoms with E-state index in [1.807, 2.05) is 7.05 Å². The third-order valence-corrected chi connectivity index (χ3v) is 6.21. The first kappa shape index (κ1) is 19.9.